The molecule has 0 aliphatic carbocycles. The molecule has 0 aromatic carbocycles. The molecule has 0 bridgehead atoms. The largest absolute Gasteiger partial charge is 1.00 e. The Morgan fingerprint density at radius 2 is 0.800 bits per heavy atom. The molecule has 0 spiro atoms. The Morgan fingerprint density at radius 1 is 0.500 bits per heavy atom. The van der Waals surface area contributed by atoms with Crippen LogP contribution in [0.1, 0.15) is 90.4 Å². The van der Waals surface area contributed by atoms with Crippen LogP contribution in [0, 0.1) is 0 Å². The second kappa shape index (κ2) is 16.1. The van der Waals surface area contributed by atoms with Gasteiger partial charge < -0.3 is 28.5 Å². The number of hydrogen-bond donors (Lipinski definition) is 0. The minimum atomic E-state index is 0. The van der Waals surface area contributed by atoms with Crippen LogP contribution in [-0.2, 0) is 0 Å². The summed E-state index contributed by atoms with van der Waals surface area (Å²) < 4.78 is 1.12. The molecular formula is C18H40IN. The van der Waals surface area contributed by atoms with Crippen molar-refractivity contribution in [2.75, 3.05) is 27.7 Å². The van der Waals surface area contributed by atoms with E-state index < -0.39 is 0 Å². The summed E-state index contributed by atoms with van der Waals surface area (Å²) in [5.41, 5.74) is 0. The highest BCUT2D eigenvalue weighted by Gasteiger charge is 2.04. The van der Waals surface area contributed by atoms with E-state index in [1.165, 1.54) is 90.0 Å². The molecular weight excluding hydrogens is 357 g/mol. The van der Waals surface area contributed by atoms with Crippen LogP contribution in [0.2, 0.25) is 0 Å². The molecule has 0 N–H and O–H groups in total. The zero-order valence-corrected chi connectivity index (χ0v) is 16.9. The molecule has 124 valence electrons. The van der Waals surface area contributed by atoms with Crippen LogP contribution in [0.25, 0.3) is 0 Å². The highest BCUT2D eigenvalue weighted by Crippen LogP contribution is 2.12. The molecule has 0 unspecified atom stereocenters. The van der Waals surface area contributed by atoms with Crippen molar-refractivity contribution < 1.29 is 28.5 Å². The van der Waals surface area contributed by atoms with Crippen LogP contribution in [0.3, 0.4) is 0 Å². The number of rotatable bonds is 14. The molecule has 0 radical (unpaired) electrons. The minimum absolute atomic E-state index is 0. The molecule has 0 saturated carbocycles. The summed E-state index contributed by atoms with van der Waals surface area (Å²) in [5, 5.41) is 0. The Balaban J connectivity index is 0. The van der Waals surface area contributed by atoms with Gasteiger partial charge in [-0.15, -0.1) is 0 Å². The maximum atomic E-state index is 2.29. The standard InChI is InChI=1S/C18H40N.HI/c1-5-6-7-8-9-10-11-12-13-14-15-16-17-18-19(2,3)4;/h5-18H2,1-4H3;1H/q+1;/p-1. The van der Waals surface area contributed by atoms with Gasteiger partial charge >= 0.3 is 0 Å². The van der Waals surface area contributed by atoms with Crippen LogP contribution in [0.15, 0.2) is 0 Å². The lowest BCUT2D eigenvalue weighted by molar-refractivity contribution is -0.870. The fourth-order valence-corrected chi connectivity index (χ4v) is 2.60. The summed E-state index contributed by atoms with van der Waals surface area (Å²) in [5.74, 6) is 0. The molecule has 0 amide bonds. The Kier molecular flexibility index (Phi) is 18.4. The van der Waals surface area contributed by atoms with Gasteiger partial charge in [-0.05, 0) is 12.8 Å². The highest BCUT2D eigenvalue weighted by atomic mass is 127. The van der Waals surface area contributed by atoms with Crippen molar-refractivity contribution in [3.8, 4) is 0 Å². The molecule has 2 heteroatoms. The molecule has 0 aliphatic rings. The van der Waals surface area contributed by atoms with Gasteiger partial charge in [-0.3, -0.25) is 0 Å². The number of unbranched alkanes of at least 4 members (excludes halogenated alkanes) is 12. The van der Waals surface area contributed by atoms with Gasteiger partial charge in [0.25, 0.3) is 0 Å². The third-order valence-corrected chi connectivity index (χ3v) is 3.93. The zero-order chi connectivity index (χ0) is 14.4. The van der Waals surface area contributed by atoms with Crippen LogP contribution in [0.5, 0.6) is 0 Å². The lowest BCUT2D eigenvalue weighted by atomic mass is 10.0. The topological polar surface area (TPSA) is 0 Å². The summed E-state index contributed by atoms with van der Waals surface area (Å²) >= 11 is 0. The van der Waals surface area contributed by atoms with Gasteiger partial charge in [0.15, 0.2) is 0 Å². The van der Waals surface area contributed by atoms with Crippen LogP contribution < -0.4 is 24.0 Å². The van der Waals surface area contributed by atoms with Crippen molar-refractivity contribution in [1.82, 2.24) is 0 Å². The first kappa shape index (κ1) is 23.0. The molecule has 0 rings (SSSR count). The Hall–Kier alpha value is 0.690. The molecule has 1 nitrogen and oxygen atoms in total. The van der Waals surface area contributed by atoms with Crippen molar-refractivity contribution >= 4 is 0 Å². The predicted molar refractivity (Wildman–Crippen MR) is 88.6 cm³/mol. The SMILES string of the molecule is CCCCCCCCCCCCCCC[N+](C)(C)C.[I-]. The van der Waals surface area contributed by atoms with E-state index in [9.17, 15) is 0 Å². The maximum absolute atomic E-state index is 2.29. The number of halogens is 1. The highest BCUT2D eigenvalue weighted by molar-refractivity contribution is 4.48. The third kappa shape index (κ3) is 21.0. The van der Waals surface area contributed by atoms with Crippen LogP contribution in [-0.4, -0.2) is 32.2 Å². The molecule has 0 aromatic heterocycles. The Labute approximate surface area is 146 Å². The van der Waals surface area contributed by atoms with E-state index in [1.807, 2.05) is 0 Å². The van der Waals surface area contributed by atoms with Gasteiger partial charge in [-0.2, -0.15) is 0 Å². The Bertz CT molecular complexity index is 175. The van der Waals surface area contributed by atoms with Gasteiger partial charge in [0, 0.05) is 0 Å². The van der Waals surface area contributed by atoms with E-state index in [-0.39, 0.29) is 24.0 Å². The van der Waals surface area contributed by atoms with Crippen LogP contribution in [0.4, 0.5) is 0 Å². The number of hydrogen-bond acceptors (Lipinski definition) is 0. The number of nitrogens with zero attached hydrogens (tertiary/aromatic N) is 1. The second-order valence-electron chi connectivity index (χ2n) is 7.26. The van der Waals surface area contributed by atoms with Crippen molar-refractivity contribution in [3.05, 3.63) is 0 Å². The van der Waals surface area contributed by atoms with Gasteiger partial charge in [-0.1, -0.05) is 77.6 Å². The normalized spacial score (nSPS) is 11.4. The average molecular weight is 397 g/mol. The molecule has 0 saturated heterocycles. The molecule has 0 aromatic rings. The first-order valence-electron chi connectivity index (χ1n) is 8.86. The first-order chi connectivity index (χ1) is 9.06. The van der Waals surface area contributed by atoms with Gasteiger partial charge in [-0.25, -0.2) is 0 Å². The van der Waals surface area contributed by atoms with E-state index in [2.05, 4.69) is 28.1 Å². The van der Waals surface area contributed by atoms with E-state index in [4.69, 9.17) is 0 Å². The van der Waals surface area contributed by atoms with Gasteiger partial charge in [0.2, 0.25) is 0 Å². The average Bonchev–Trinajstić information content (AvgIpc) is 2.34. The fourth-order valence-electron chi connectivity index (χ4n) is 2.60. The number of quaternary nitrogens is 1. The van der Waals surface area contributed by atoms with E-state index in [0.29, 0.717) is 0 Å². The lowest BCUT2D eigenvalue weighted by Gasteiger charge is -2.23. The zero-order valence-electron chi connectivity index (χ0n) is 14.7. The van der Waals surface area contributed by atoms with E-state index in [1.54, 1.807) is 0 Å². The second-order valence-corrected chi connectivity index (χ2v) is 7.26. The summed E-state index contributed by atoms with van der Waals surface area (Å²) in [6.45, 7) is 3.62. The molecule has 0 heterocycles. The lowest BCUT2D eigenvalue weighted by Crippen LogP contribution is -3.00. The predicted octanol–water partition coefficient (Wildman–Crippen LogP) is 2.79. The molecule has 0 fully saturated rings. The van der Waals surface area contributed by atoms with Crippen molar-refractivity contribution in [3.63, 3.8) is 0 Å². The smallest absolute Gasteiger partial charge is 0.0780 e. The van der Waals surface area contributed by atoms with Crippen molar-refractivity contribution in [1.29, 1.82) is 0 Å². The Morgan fingerprint density at radius 3 is 1.10 bits per heavy atom. The quantitative estimate of drug-likeness (QED) is 0.240. The van der Waals surface area contributed by atoms with E-state index >= 15 is 0 Å². The van der Waals surface area contributed by atoms with Crippen LogP contribution >= 0.6 is 0 Å². The first-order valence-corrected chi connectivity index (χ1v) is 8.86. The maximum Gasteiger partial charge on any atom is 0.0780 e. The van der Waals surface area contributed by atoms with Gasteiger partial charge in [0.1, 0.15) is 0 Å². The summed E-state index contributed by atoms with van der Waals surface area (Å²) in [6, 6.07) is 0. The molecule has 20 heavy (non-hydrogen) atoms. The summed E-state index contributed by atoms with van der Waals surface area (Å²) in [4.78, 5) is 0. The van der Waals surface area contributed by atoms with Gasteiger partial charge in [0.05, 0.1) is 27.7 Å². The van der Waals surface area contributed by atoms with Crippen molar-refractivity contribution in [2.24, 2.45) is 0 Å². The fraction of sp³-hybridized carbons (Fsp3) is 1.00. The summed E-state index contributed by atoms with van der Waals surface area (Å²) in [7, 11) is 6.88. The minimum Gasteiger partial charge on any atom is -1.00 e. The third-order valence-electron chi connectivity index (χ3n) is 3.93. The molecule has 0 aliphatic heterocycles. The summed E-state index contributed by atoms with van der Waals surface area (Å²) in [6.07, 6.45) is 18.9. The monoisotopic (exact) mass is 397 g/mol. The van der Waals surface area contributed by atoms with Crippen molar-refractivity contribution in [2.45, 2.75) is 90.4 Å². The molecule has 0 atom stereocenters. The van der Waals surface area contributed by atoms with E-state index in [0.717, 1.165) is 4.48 Å².